The van der Waals surface area contributed by atoms with Crippen LogP contribution < -0.4 is 5.73 Å². The van der Waals surface area contributed by atoms with Crippen LogP contribution in [0.3, 0.4) is 0 Å². The molecule has 8 nitrogen and oxygen atoms in total. The molecule has 3 N–H and O–H groups in total. The number of nitrogens with zero attached hydrogens (tertiary/aromatic N) is 6. The van der Waals surface area contributed by atoms with Crippen LogP contribution in [0.25, 0.3) is 5.95 Å². The first kappa shape index (κ1) is 9.06. The first-order chi connectivity index (χ1) is 7.31. The second kappa shape index (κ2) is 3.70. The summed E-state index contributed by atoms with van der Waals surface area (Å²) in [5, 5.41) is 15.1. The van der Waals surface area contributed by atoms with E-state index >= 15 is 0 Å². The quantitative estimate of drug-likeness (QED) is 0.285. The summed E-state index contributed by atoms with van der Waals surface area (Å²) in [6.07, 6.45) is 4.53. The van der Waals surface area contributed by atoms with Crippen molar-refractivity contribution in [1.82, 2.24) is 24.7 Å². The molecule has 0 fully saturated rings. The number of rotatable bonds is 2. The van der Waals surface area contributed by atoms with Crippen molar-refractivity contribution in [3.63, 3.8) is 0 Å². The predicted molar refractivity (Wildman–Crippen MR) is 49.5 cm³/mol. The minimum atomic E-state index is -0.162. The molecule has 0 amide bonds. The van der Waals surface area contributed by atoms with Crippen LogP contribution in [0, 0.1) is 0 Å². The number of hydrogen-bond donors (Lipinski definition) is 2. The van der Waals surface area contributed by atoms with E-state index in [1.807, 2.05) is 0 Å². The van der Waals surface area contributed by atoms with Gasteiger partial charge in [-0.15, -0.1) is 5.10 Å². The Bertz CT molecular complexity index is 477. The van der Waals surface area contributed by atoms with E-state index in [0.29, 0.717) is 5.95 Å². The van der Waals surface area contributed by atoms with E-state index in [1.165, 1.54) is 11.0 Å². The Kier molecular flexibility index (Phi) is 2.23. The highest BCUT2D eigenvalue weighted by atomic mass is 16.4. The van der Waals surface area contributed by atoms with Crippen LogP contribution in [-0.2, 0) is 0 Å². The third kappa shape index (κ3) is 1.73. The molecule has 0 saturated heterocycles. The van der Waals surface area contributed by atoms with Crippen molar-refractivity contribution in [2.24, 2.45) is 10.9 Å². The van der Waals surface area contributed by atoms with Crippen molar-refractivity contribution in [3.8, 4) is 5.95 Å². The van der Waals surface area contributed by atoms with Gasteiger partial charge in [0.25, 0.3) is 5.95 Å². The van der Waals surface area contributed by atoms with E-state index in [-0.39, 0.29) is 11.7 Å². The maximum absolute atomic E-state index is 8.41. The summed E-state index contributed by atoms with van der Waals surface area (Å²) >= 11 is 0. The molecule has 0 unspecified atom stereocenters. The monoisotopic (exact) mass is 205 g/mol. The van der Waals surface area contributed by atoms with Gasteiger partial charge in [0.05, 0.1) is 0 Å². The molecular weight excluding hydrogens is 198 g/mol. The maximum Gasteiger partial charge on any atom is 0.251 e. The Morgan fingerprint density at radius 3 is 2.73 bits per heavy atom. The Morgan fingerprint density at radius 2 is 2.07 bits per heavy atom. The van der Waals surface area contributed by atoms with Gasteiger partial charge in [-0.3, -0.25) is 0 Å². The fraction of sp³-hybridized carbons (Fsp3) is 0. The van der Waals surface area contributed by atoms with Gasteiger partial charge in [0.1, 0.15) is 6.33 Å². The molecule has 2 aromatic heterocycles. The van der Waals surface area contributed by atoms with Crippen LogP contribution in [0.1, 0.15) is 5.82 Å². The molecule has 0 saturated carbocycles. The molecule has 0 spiro atoms. The summed E-state index contributed by atoms with van der Waals surface area (Å²) in [6, 6.07) is 1.69. The van der Waals surface area contributed by atoms with Crippen molar-refractivity contribution in [3.05, 3.63) is 30.6 Å². The summed E-state index contributed by atoms with van der Waals surface area (Å²) in [5.41, 5.74) is 5.31. The molecular formula is C7H7N7O. The standard InChI is InChI=1S/C7H7N7O/c8-5(13-15)6-11-4-14(12-6)7-9-2-1-3-10-7/h1-4,15H,(H2,8,13). The molecule has 2 heterocycles. The van der Waals surface area contributed by atoms with Crippen LogP contribution in [0.15, 0.2) is 29.9 Å². The second-order valence-electron chi connectivity index (χ2n) is 2.55. The molecule has 0 radical (unpaired) electrons. The van der Waals surface area contributed by atoms with Gasteiger partial charge in [-0.25, -0.2) is 15.0 Å². The van der Waals surface area contributed by atoms with Crippen molar-refractivity contribution >= 4 is 5.84 Å². The fourth-order valence-corrected chi connectivity index (χ4v) is 0.931. The average molecular weight is 205 g/mol. The van der Waals surface area contributed by atoms with Crippen molar-refractivity contribution in [2.75, 3.05) is 0 Å². The van der Waals surface area contributed by atoms with Gasteiger partial charge in [-0.1, -0.05) is 5.16 Å². The molecule has 0 aliphatic rings. The lowest BCUT2D eigenvalue weighted by molar-refractivity contribution is 0.318. The molecule has 15 heavy (non-hydrogen) atoms. The summed E-state index contributed by atoms with van der Waals surface area (Å²) < 4.78 is 1.33. The van der Waals surface area contributed by atoms with E-state index in [1.54, 1.807) is 18.5 Å². The maximum atomic E-state index is 8.41. The number of nitrogens with two attached hydrogens (primary N) is 1. The molecule has 76 valence electrons. The molecule has 0 aliphatic carbocycles. The molecule has 0 aromatic carbocycles. The van der Waals surface area contributed by atoms with Crippen LogP contribution >= 0.6 is 0 Å². The lowest BCUT2D eigenvalue weighted by atomic mass is 10.6. The average Bonchev–Trinajstić information content (AvgIpc) is 2.78. The first-order valence-corrected chi connectivity index (χ1v) is 3.98. The number of oxime groups is 1. The van der Waals surface area contributed by atoms with Gasteiger partial charge in [0.2, 0.25) is 11.7 Å². The topological polar surface area (TPSA) is 115 Å². The van der Waals surface area contributed by atoms with Crippen LogP contribution in [0.2, 0.25) is 0 Å². The van der Waals surface area contributed by atoms with E-state index in [0.717, 1.165) is 0 Å². The zero-order valence-corrected chi connectivity index (χ0v) is 7.52. The Balaban J connectivity index is 2.36. The van der Waals surface area contributed by atoms with E-state index < -0.39 is 0 Å². The number of amidine groups is 1. The molecule has 2 rings (SSSR count). The van der Waals surface area contributed by atoms with Gasteiger partial charge in [-0.2, -0.15) is 4.68 Å². The highest BCUT2D eigenvalue weighted by Gasteiger charge is 2.07. The third-order valence-electron chi connectivity index (χ3n) is 1.59. The van der Waals surface area contributed by atoms with Crippen molar-refractivity contribution in [1.29, 1.82) is 0 Å². The Morgan fingerprint density at radius 1 is 1.33 bits per heavy atom. The van der Waals surface area contributed by atoms with Crippen LogP contribution in [0.5, 0.6) is 0 Å². The second-order valence-corrected chi connectivity index (χ2v) is 2.55. The van der Waals surface area contributed by atoms with E-state index in [2.05, 4.69) is 25.2 Å². The fourth-order valence-electron chi connectivity index (χ4n) is 0.931. The Hall–Kier alpha value is -2.51. The molecule has 0 atom stereocenters. The first-order valence-electron chi connectivity index (χ1n) is 3.98. The zero-order valence-electron chi connectivity index (χ0n) is 7.52. The normalized spacial score (nSPS) is 11.6. The molecule has 2 aromatic rings. The summed E-state index contributed by atoms with van der Waals surface area (Å²) in [5.74, 6) is 0.316. The highest BCUT2D eigenvalue weighted by Crippen LogP contribution is 1.96. The zero-order chi connectivity index (χ0) is 10.7. The minimum Gasteiger partial charge on any atom is -0.409 e. The summed E-state index contributed by atoms with van der Waals surface area (Å²) in [7, 11) is 0. The SMILES string of the molecule is NC(=NO)c1ncn(-c2ncccn2)n1. The van der Waals surface area contributed by atoms with Crippen LogP contribution in [-0.4, -0.2) is 35.8 Å². The lowest BCUT2D eigenvalue weighted by Crippen LogP contribution is -2.15. The largest absolute Gasteiger partial charge is 0.409 e. The van der Waals surface area contributed by atoms with Crippen molar-refractivity contribution in [2.45, 2.75) is 0 Å². The van der Waals surface area contributed by atoms with Gasteiger partial charge in [0, 0.05) is 12.4 Å². The van der Waals surface area contributed by atoms with Crippen LogP contribution in [0.4, 0.5) is 0 Å². The summed E-state index contributed by atoms with van der Waals surface area (Å²) in [6.45, 7) is 0. The Labute approximate surface area is 84.1 Å². The number of hydrogen-bond acceptors (Lipinski definition) is 6. The predicted octanol–water partition coefficient (Wildman–Crippen LogP) is -0.848. The van der Waals surface area contributed by atoms with Gasteiger partial charge in [-0.05, 0) is 6.07 Å². The van der Waals surface area contributed by atoms with Gasteiger partial charge in [0.15, 0.2) is 0 Å². The van der Waals surface area contributed by atoms with E-state index in [9.17, 15) is 0 Å². The molecule has 0 aliphatic heterocycles. The lowest BCUT2D eigenvalue weighted by Gasteiger charge is -1.94. The third-order valence-corrected chi connectivity index (χ3v) is 1.59. The van der Waals surface area contributed by atoms with Crippen molar-refractivity contribution < 1.29 is 5.21 Å². The van der Waals surface area contributed by atoms with Gasteiger partial charge >= 0.3 is 0 Å². The number of aromatic nitrogens is 5. The minimum absolute atomic E-state index is 0.116. The molecule has 8 heteroatoms. The summed E-state index contributed by atoms with van der Waals surface area (Å²) in [4.78, 5) is 11.7. The van der Waals surface area contributed by atoms with E-state index in [4.69, 9.17) is 10.9 Å². The smallest absolute Gasteiger partial charge is 0.251 e. The highest BCUT2D eigenvalue weighted by molar-refractivity contribution is 5.93. The molecule has 0 bridgehead atoms. The van der Waals surface area contributed by atoms with Gasteiger partial charge < -0.3 is 10.9 Å².